The van der Waals surface area contributed by atoms with Gasteiger partial charge >= 0.3 is 0 Å². The Bertz CT molecular complexity index is 629. The Morgan fingerprint density at radius 2 is 2.07 bits per heavy atom. The average Bonchev–Trinajstić information content (AvgIpc) is 3.15. The number of benzene rings is 1. The molecule has 0 spiro atoms. The van der Waals surface area contributed by atoms with Crippen LogP contribution in [0.15, 0.2) is 23.2 Å². The molecule has 1 saturated heterocycles. The third kappa shape index (κ3) is 6.07. The fraction of sp³-hybridized carbons (Fsp3) is 0.667. The van der Waals surface area contributed by atoms with Gasteiger partial charge in [-0.25, -0.2) is 9.38 Å². The normalized spacial score (nSPS) is 19.7. The molecule has 1 aromatic carbocycles. The molecule has 0 amide bonds. The van der Waals surface area contributed by atoms with Crippen LogP contribution in [0.4, 0.5) is 10.1 Å². The van der Waals surface area contributed by atoms with Gasteiger partial charge in [-0.1, -0.05) is 6.07 Å². The van der Waals surface area contributed by atoms with Gasteiger partial charge in [-0.3, -0.25) is 0 Å². The molecule has 2 rings (SSSR count). The van der Waals surface area contributed by atoms with E-state index in [1.165, 1.54) is 0 Å². The first-order chi connectivity index (χ1) is 13.6. The molecular formula is C21H35FN4O2. The summed E-state index contributed by atoms with van der Waals surface area (Å²) >= 11 is 0. The van der Waals surface area contributed by atoms with Crippen LogP contribution in [0.5, 0.6) is 0 Å². The van der Waals surface area contributed by atoms with E-state index in [0.717, 1.165) is 38.2 Å². The predicted octanol–water partition coefficient (Wildman–Crippen LogP) is 2.52. The molecule has 158 valence electrons. The van der Waals surface area contributed by atoms with Crippen molar-refractivity contribution in [1.82, 2.24) is 10.6 Å². The SMILES string of the molecule is CCNC(=NCc1ccc(N(CC)CC)c(F)c1)NCC1(CCO)CCOC1. The number of guanidine groups is 1. The molecule has 0 saturated carbocycles. The van der Waals surface area contributed by atoms with E-state index < -0.39 is 0 Å². The van der Waals surface area contributed by atoms with Gasteiger partial charge in [-0.2, -0.15) is 0 Å². The Hall–Kier alpha value is -1.86. The highest BCUT2D eigenvalue weighted by Crippen LogP contribution is 2.31. The number of hydrogen-bond donors (Lipinski definition) is 3. The number of nitrogens with zero attached hydrogens (tertiary/aromatic N) is 2. The van der Waals surface area contributed by atoms with Crippen molar-refractivity contribution >= 4 is 11.6 Å². The molecule has 0 aliphatic carbocycles. The summed E-state index contributed by atoms with van der Waals surface area (Å²) in [5, 5.41) is 16.0. The van der Waals surface area contributed by atoms with Crippen molar-refractivity contribution in [1.29, 1.82) is 0 Å². The number of nitrogens with one attached hydrogen (secondary N) is 2. The molecule has 0 bridgehead atoms. The van der Waals surface area contributed by atoms with E-state index in [0.29, 0.717) is 37.8 Å². The minimum absolute atomic E-state index is 0.0531. The van der Waals surface area contributed by atoms with Gasteiger partial charge in [0.25, 0.3) is 0 Å². The van der Waals surface area contributed by atoms with Gasteiger partial charge in [0.1, 0.15) is 5.82 Å². The molecule has 1 unspecified atom stereocenters. The number of ether oxygens (including phenoxy) is 1. The van der Waals surface area contributed by atoms with E-state index >= 15 is 0 Å². The van der Waals surface area contributed by atoms with Crippen LogP contribution in [-0.2, 0) is 11.3 Å². The van der Waals surface area contributed by atoms with Crippen LogP contribution in [0.2, 0.25) is 0 Å². The number of anilines is 1. The van der Waals surface area contributed by atoms with E-state index in [1.54, 1.807) is 6.07 Å². The molecule has 0 aromatic heterocycles. The second-order valence-corrected chi connectivity index (χ2v) is 7.28. The number of aliphatic hydroxyl groups excluding tert-OH is 1. The Balaban J connectivity index is 2.02. The average molecular weight is 395 g/mol. The first-order valence-corrected chi connectivity index (χ1v) is 10.3. The van der Waals surface area contributed by atoms with Gasteiger partial charge in [0.05, 0.1) is 18.8 Å². The third-order valence-corrected chi connectivity index (χ3v) is 5.34. The second kappa shape index (κ2) is 11.2. The quantitative estimate of drug-likeness (QED) is 0.420. The van der Waals surface area contributed by atoms with E-state index in [4.69, 9.17) is 4.74 Å². The first-order valence-electron chi connectivity index (χ1n) is 10.3. The fourth-order valence-electron chi connectivity index (χ4n) is 3.56. The molecule has 1 aliphatic heterocycles. The molecule has 1 atom stereocenters. The zero-order valence-electron chi connectivity index (χ0n) is 17.4. The van der Waals surface area contributed by atoms with E-state index in [1.807, 2.05) is 37.8 Å². The van der Waals surface area contributed by atoms with Gasteiger partial charge in [0.15, 0.2) is 5.96 Å². The van der Waals surface area contributed by atoms with Crippen LogP contribution < -0.4 is 15.5 Å². The highest BCUT2D eigenvalue weighted by molar-refractivity contribution is 5.79. The van der Waals surface area contributed by atoms with Crippen LogP contribution >= 0.6 is 0 Å². The third-order valence-electron chi connectivity index (χ3n) is 5.34. The molecular weight excluding hydrogens is 359 g/mol. The summed E-state index contributed by atoms with van der Waals surface area (Å²) in [6.45, 7) is 11.0. The standard InChI is InChI=1S/C21H35FN4O2/c1-4-23-20(25-15-21(9-11-27)10-12-28-16-21)24-14-17-7-8-19(18(22)13-17)26(5-2)6-3/h7-8,13,27H,4-6,9-12,14-16H2,1-3H3,(H2,23,24,25). The number of hydrogen-bond acceptors (Lipinski definition) is 4. The zero-order chi connectivity index (χ0) is 20.4. The summed E-state index contributed by atoms with van der Waals surface area (Å²) in [6.07, 6.45) is 1.63. The minimum Gasteiger partial charge on any atom is -0.396 e. The smallest absolute Gasteiger partial charge is 0.191 e. The Kier molecular flexibility index (Phi) is 8.99. The summed E-state index contributed by atoms with van der Waals surface area (Å²) in [7, 11) is 0. The van der Waals surface area contributed by atoms with Gasteiger partial charge in [-0.15, -0.1) is 0 Å². The van der Waals surface area contributed by atoms with Crippen LogP contribution in [0, 0.1) is 11.2 Å². The fourth-order valence-corrected chi connectivity index (χ4v) is 3.56. The van der Waals surface area contributed by atoms with Crippen LogP contribution in [0.25, 0.3) is 0 Å². The first kappa shape index (κ1) is 22.4. The predicted molar refractivity (Wildman–Crippen MR) is 112 cm³/mol. The lowest BCUT2D eigenvalue weighted by Gasteiger charge is -2.27. The maximum atomic E-state index is 14.5. The van der Waals surface area contributed by atoms with E-state index in [9.17, 15) is 9.50 Å². The topological polar surface area (TPSA) is 69.1 Å². The van der Waals surface area contributed by atoms with Crippen LogP contribution in [0.3, 0.4) is 0 Å². The monoisotopic (exact) mass is 394 g/mol. The maximum Gasteiger partial charge on any atom is 0.191 e. The van der Waals surface area contributed by atoms with Crippen molar-refractivity contribution in [3.63, 3.8) is 0 Å². The summed E-state index contributed by atoms with van der Waals surface area (Å²) < 4.78 is 20.0. The summed E-state index contributed by atoms with van der Waals surface area (Å²) in [6, 6.07) is 5.33. The van der Waals surface area contributed by atoms with Gasteiger partial charge in [0.2, 0.25) is 0 Å². The molecule has 1 aromatic rings. The van der Waals surface area contributed by atoms with E-state index in [2.05, 4.69) is 15.6 Å². The molecule has 1 aliphatic rings. The highest BCUT2D eigenvalue weighted by Gasteiger charge is 2.34. The molecule has 3 N–H and O–H groups in total. The lowest BCUT2D eigenvalue weighted by atomic mass is 9.84. The van der Waals surface area contributed by atoms with Crippen molar-refractivity contribution in [3.8, 4) is 0 Å². The molecule has 1 fully saturated rings. The van der Waals surface area contributed by atoms with Gasteiger partial charge < -0.3 is 25.4 Å². The number of aliphatic imine (C=N–C) groups is 1. The molecule has 28 heavy (non-hydrogen) atoms. The highest BCUT2D eigenvalue weighted by atomic mass is 19.1. The van der Waals surface area contributed by atoms with Gasteiger partial charge in [-0.05, 0) is 51.3 Å². The van der Waals surface area contributed by atoms with Crippen molar-refractivity contribution in [2.24, 2.45) is 10.4 Å². The van der Waals surface area contributed by atoms with E-state index in [-0.39, 0.29) is 17.8 Å². The van der Waals surface area contributed by atoms with Crippen molar-refractivity contribution in [3.05, 3.63) is 29.6 Å². The number of rotatable bonds is 10. The van der Waals surface area contributed by atoms with Crippen molar-refractivity contribution < 1.29 is 14.2 Å². The summed E-state index contributed by atoms with van der Waals surface area (Å²) in [4.78, 5) is 6.60. The Morgan fingerprint density at radius 3 is 2.64 bits per heavy atom. The van der Waals surface area contributed by atoms with Crippen LogP contribution in [-0.4, -0.2) is 57.1 Å². The maximum absolute atomic E-state index is 14.5. The van der Waals surface area contributed by atoms with Crippen LogP contribution in [0.1, 0.15) is 39.2 Å². The number of halogens is 1. The largest absolute Gasteiger partial charge is 0.396 e. The van der Waals surface area contributed by atoms with Gasteiger partial charge in [0, 0.05) is 44.8 Å². The lowest BCUT2D eigenvalue weighted by molar-refractivity contribution is 0.127. The van der Waals surface area contributed by atoms with Crippen molar-refractivity contribution in [2.45, 2.75) is 40.2 Å². The second-order valence-electron chi connectivity index (χ2n) is 7.28. The molecule has 1 heterocycles. The molecule has 0 radical (unpaired) electrons. The lowest BCUT2D eigenvalue weighted by Crippen LogP contribution is -2.44. The summed E-state index contributed by atoms with van der Waals surface area (Å²) in [5.41, 5.74) is 1.41. The Morgan fingerprint density at radius 1 is 1.29 bits per heavy atom. The Labute approximate surface area is 168 Å². The van der Waals surface area contributed by atoms with Crippen molar-refractivity contribution in [2.75, 3.05) is 50.9 Å². The minimum atomic E-state index is -0.209. The number of aliphatic hydroxyl groups is 1. The molecule has 6 nitrogen and oxygen atoms in total. The molecule has 7 heteroatoms. The summed E-state index contributed by atoms with van der Waals surface area (Å²) in [5.74, 6) is 0.485. The zero-order valence-corrected chi connectivity index (χ0v) is 17.4.